The molecule has 1 N–H and O–H groups in total. The van der Waals surface area contributed by atoms with E-state index in [4.69, 9.17) is 0 Å². The van der Waals surface area contributed by atoms with Crippen molar-refractivity contribution in [2.45, 2.75) is 39.7 Å². The second kappa shape index (κ2) is 3.64. The van der Waals surface area contributed by atoms with Gasteiger partial charge in [-0.25, -0.2) is 0 Å². The van der Waals surface area contributed by atoms with Crippen molar-refractivity contribution in [2.75, 3.05) is 5.32 Å². The molecule has 0 bridgehead atoms. The van der Waals surface area contributed by atoms with E-state index in [1.54, 1.807) is 0 Å². The monoisotopic (exact) mass is 189 g/mol. The van der Waals surface area contributed by atoms with Crippen LogP contribution < -0.4 is 5.32 Å². The molecule has 1 aromatic carbocycles. The first kappa shape index (κ1) is 9.57. The van der Waals surface area contributed by atoms with Gasteiger partial charge in [-0.05, 0) is 56.7 Å². The van der Waals surface area contributed by atoms with E-state index in [0.717, 1.165) is 5.92 Å². The average molecular weight is 189 g/mol. The van der Waals surface area contributed by atoms with Crippen molar-refractivity contribution >= 4 is 5.69 Å². The Morgan fingerprint density at radius 1 is 1.29 bits per heavy atom. The highest BCUT2D eigenvalue weighted by Gasteiger charge is 2.27. The number of anilines is 1. The fourth-order valence-electron chi connectivity index (χ4n) is 1.87. The van der Waals surface area contributed by atoms with E-state index >= 15 is 0 Å². The van der Waals surface area contributed by atoms with Gasteiger partial charge in [0, 0.05) is 11.7 Å². The summed E-state index contributed by atoms with van der Waals surface area (Å²) in [4.78, 5) is 0. The maximum Gasteiger partial charge on any atom is 0.0374 e. The van der Waals surface area contributed by atoms with Gasteiger partial charge in [0.15, 0.2) is 0 Å². The van der Waals surface area contributed by atoms with Gasteiger partial charge in [0.1, 0.15) is 0 Å². The third-order valence-electron chi connectivity index (χ3n) is 3.32. The number of hydrogen-bond donors (Lipinski definition) is 1. The normalized spacial score (nSPS) is 17.9. The Kier molecular flexibility index (Phi) is 2.49. The zero-order valence-electron chi connectivity index (χ0n) is 9.30. The lowest BCUT2D eigenvalue weighted by atomic mass is 10.1. The Labute approximate surface area is 86.5 Å². The van der Waals surface area contributed by atoms with E-state index in [1.165, 1.54) is 29.7 Å². The van der Waals surface area contributed by atoms with E-state index in [0.29, 0.717) is 6.04 Å². The van der Waals surface area contributed by atoms with Gasteiger partial charge in [0.2, 0.25) is 0 Å². The van der Waals surface area contributed by atoms with E-state index < -0.39 is 0 Å². The van der Waals surface area contributed by atoms with Crippen molar-refractivity contribution in [1.29, 1.82) is 0 Å². The molecule has 0 amide bonds. The fourth-order valence-corrected chi connectivity index (χ4v) is 1.87. The van der Waals surface area contributed by atoms with Gasteiger partial charge in [-0.1, -0.05) is 12.1 Å². The summed E-state index contributed by atoms with van der Waals surface area (Å²) >= 11 is 0. The molecule has 0 saturated heterocycles. The molecule has 0 aliphatic heterocycles. The van der Waals surface area contributed by atoms with Gasteiger partial charge in [0.25, 0.3) is 0 Å². The summed E-state index contributed by atoms with van der Waals surface area (Å²) in [5, 5.41) is 3.61. The zero-order chi connectivity index (χ0) is 10.1. The summed E-state index contributed by atoms with van der Waals surface area (Å²) in [5.41, 5.74) is 4.07. The molecule has 0 unspecified atom stereocenters. The first-order valence-electron chi connectivity index (χ1n) is 5.51. The Morgan fingerprint density at radius 3 is 2.64 bits per heavy atom. The topological polar surface area (TPSA) is 12.0 Å². The van der Waals surface area contributed by atoms with Crippen molar-refractivity contribution < 1.29 is 0 Å². The van der Waals surface area contributed by atoms with E-state index in [-0.39, 0.29) is 0 Å². The van der Waals surface area contributed by atoms with Gasteiger partial charge in [-0.2, -0.15) is 0 Å². The minimum atomic E-state index is 0.635. The lowest BCUT2D eigenvalue weighted by Gasteiger charge is -2.17. The Bertz CT molecular complexity index is 326. The van der Waals surface area contributed by atoms with Crippen LogP contribution in [0.3, 0.4) is 0 Å². The third-order valence-corrected chi connectivity index (χ3v) is 3.32. The number of aryl methyl sites for hydroxylation is 1. The molecule has 1 nitrogen and oxygen atoms in total. The number of hydrogen-bond acceptors (Lipinski definition) is 1. The molecule has 76 valence electrons. The van der Waals surface area contributed by atoms with Crippen LogP contribution in [0.5, 0.6) is 0 Å². The predicted molar refractivity (Wildman–Crippen MR) is 61.7 cm³/mol. The van der Waals surface area contributed by atoms with E-state index in [2.05, 4.69) is 44.3 Å². The fraction of sp³-hybridized carbons (Fsp3) is 0.538. The molecule has 1 aliphatic carbocycles. The van der Waals surface area contributed by atoms with Crippen LogP contribution in [-0.2, 0) is 0 Å². The SMILES string of the molecule is Cc1cccc(N[C@H](C)C2CC2)c1C. The quantitative estimate of drug-likeness (QED) is 0.767. The van der Waals surface area contributed by atoms with Crippen molar-refractivity contribution in [3.63, 3.8) is 0 Å². The van der Waals surface area contributed by atoms with Crippen molar-refractivity contribution in [3.8, 4) is 0 Å². The lowest BCUT2D eigenvalue weighted by Crippen LogP contribution is -2.17. The molecule has 1 aromatic rings. The Balaban J connectivity index is 2.11. The highest BCUT2D eigenvalue weighted by Crippen LogP contribution is 2.34. The summed E-state index contributed by atoms with van der Waals surface area (Å²) in [7, 11) is 0. The minimum absolute atomic E-state index is 0.635. The molecule has 0 spiro atoms. The Morgan fingerprint density at radius 2 is 2.00 bits per heavy atom. The number of rotatable bonds is 3. The number of benzene rings is 1. The molecule has 1 heteroatoms. The van der Waals surface area contributed by atoms with Crippen LogP contribution in [0.15, 0.2) is 18.2 Å². The van der Waals surface area contributed by atoms with E-state index in [1.807, 2.05) is 0 Å². The van der Waals surface area contributed by atoms with Gasteiger partial charge < -0.3 is 5.32 Å². The van der Waals surface area contributed by atoms with Crippen molar-refractivity contribution in [3.05, 3.63) is 29.3 Å². The van der Waals surface area contributed by atoms with Crippen LogP contribution in [0.25, 0.3) is 0 Å². The van der Waals surface area contributed by atoms with Crippen LogP contribution in [-0.4, -0.2) is 6.04 Å². The number of nitrogens with one attached hydrogen (secondary N) is 1. The van der Waals surface area contributed by atoms with Crippen LogP contribution >= 0.6 is 0 Å². The molecular weight excluding hydrogens is 170 g/mol. The van der Waals surface area contributed by atoms with Crippen molar-refractivity contribution in [1.82, 2.24) is 0 Å². The van der Waals surface area contributed by atoms with Crippen LogP contribution in [0, 0.1) is 19.8 Å². The largest absolute Gasteiger partial charge is 0.382 e. The summed E-state index contributed by atoms with van der Waals surface area (Å²) in [5.74, 6) is 0.912. The lowest BCUT2D eigenvalue weighted by molar-refractivity contribution is 0.693. The van der Waals surface area contributed by atoms with Gasteiger partial charge in [-0.15, -0.1) is 0 Å². The van der Waals surface area contributed by atoms with Gasteiger partial charge >= 0.3 is 0 Å². The summed E-state index contributed by atoms with van der Waals surface area (Å²) < 4.78 is 0. The molecule has 0 radical (unpaired) electrons. The van der Waals surface area contributed by atoms with E-state index in [9.17, 15) is 0 Å². The minimum Gasteiger partial charge on any atom is -0.382 e. The standard InChI is InChI=1S/C13H19N/c1-9-5-4-6-13(10(9)2)14-11(3)12-7-8-12/h4-6,11-12,14H,7-8H2,1-3H3/t11-/m1/s1. The maximum atomic E-state index is 3.61. The average Bonchev–Trinajstić information content (AvgIpc) is 2.95. The summed E-state index contributed by atoms with van der Waals surface area (Å²) in [6, 6.07) is 7.11. The van der Waals surface area contributed by atoms with Gasteiger partial charge in [-0.3, -0.25) is 0 Å². The molecule has 1 fully saturated rings. The summed E-state index contributed by atoms with van der Waals surface area (Å²) in [6.07, 6.45) is 2.80. The van der Waals surface area contributed by atoms with Crippen LogP contribution in [0.2, 0.25) is 0 Å². The highest BCUT2D eigenvalue weighted by molar-refractivity contribution is 5.54. The maximum absolute atomic E-state index is 3.61. The van der Waals surface area contributed by atoms with Gasteiger partial charge in [0.05, 0.1) is 0 Å². The highest BCUT2D eigenvalue weighted by atomic mass is 14.9. The third kappa shape index (κ3) is 1.92. The zero-order valence-corrected chi connectivity index (χ0v) is 9.30. The molecule has 14 heavy (non-hydrogen) atoms. The molecule has 0 aromatic heterocycles. The first-order chi connectivity index (χ1) is 6.68. The second-order valence-corrected chi connectivity index (χ2v) is 4.52. The molecular formula is C13H19N. The molecule has 1 atom stereocenters. The van der Waals surface area contributed by atoms with Crippen LogP contribution in [0.1, 0.15) is 30.9 Å². The molecule has 0 heterocycles. The van der Waals surface area contributed by atoms with Crippen molar-refractivity contribution in [2.24, 2.45) is 5.92 Å². The summed E-state index contributed by atoms with van der Waals surface area (Å²) in [6.45, 7) is 6.65. The smallest absolute Gasteiger partial charge is 0.0374 e. The molecule has 2 rings (SSSR count). The first-order valence-corrected chi connectivity index (χ1v) is 5.51. The Hall–Kier alpha value is -0.980. The molecule has 1 aliphatic rings. The second-order valence-electron chi connectivity index (χ2n) is 4.52. The van der Waals surface area contributed by atoms with Crippen LogP contribution in [0.4, 0.5) is 5.69 Å². The molecule has 1 saturated carbocycles. The predicted octanol–water partition coefficient (Wildman–Crippen LogP) is 3.51.